The van der Waals surface area contributed by atoms with Gasteiger partial charge in [-0.3, -0.25) is 9.48 Å². The molecule has 0 radical (unpaired) electrons. The summed E-state index contributed by atoms with van der Waals surface area (Å²) in [5.41, 5.74) is 1.13. The van der Waals surface area contributed by atoms with Gasteiger partial charge in [0.25, 0.3) is 5.56 Å². The molecule has 2 aromatic rings. The fraction of sp³-hybridized carbons (Fsp3) is 0.385. The van der Waals surface area contributed by atoms with E-state index in [0.717, 1.165) is 25.2 Å². The van der Waals surface area contributed by atoms with Gasteiger partial charge in [-0.2, -0.15) is 5.10 Å². The molecule has 0 aromatic carbocycles. The Morgan fingerprint density at radius 1 is 1.22 bits per heavy atom. The highest BCUT2D eigenvalue weighted by molar-refractivity contribution is 4.99. The number of nitrogens with one attached hydrogen (secondary N) is 1. The van der Waals surface area contributed by atoms with Crippen molar-refractivity contribution in [1.29, 1.82) is 0 Å². The van der Waals surface area contributed by atoms with E-state index in [4.69, 9.17) is 0 Å². The van der Waals surface area contributed by atoms with Gasteiger partial charge >= 0.3 is 0 Å². The van der Waals surface area contributed by atoms with E-state index in [1.54, 1.807) is 21.4 Å². The quantitative estimate of drug-likeness (QED) is 0.751. The number of pyridine rings is 1. The molecule has 5 nitrogen and oxygen atoms in total. The summed E-state index contributed by atoms with van der Waals surface area (Å²) in [7, 11) is 1.92. The van der Waals surface area contributed by atoms with E-state index in [9.17, 15) is 4.79 Å². The first-order chi connectivity index (χ1) is 8.75. The van der Waals surface area contributed by atoms with Crippen LogP contribution in [0, 0.1) is 0 Å². The summed E-state index contributed by atoms with van der Waals surface area (Å²) >= 11 is 0. The predicted molar refractivity (Wildman–Crippen MR) is 70.5 cm³/mol. The predicted octanol–water partition coefficient (Wildman–Crippen LogP) is 0.414. The van der Waals surface area contributed by atoms with Crippen molar-refractivity contribution in [2.75, 3.05) is 13.1 Å². The number of hydrogen-bond donors (Lipinski definition) is 1. The summed E-state index contributed by atoms with van der Waals surface area (Å²) in [6.45, 7) is 2.36. The molecule has 0 aliphatic heterocycles. The molecule has 0 aliphatic carbocycles. The summed E-state index contributed by atoms with van der Waals surface area (Å²) < 4.78 is 3.51. The first kappa shape index (κ1) is 12.6. The monoisotopic (exact) mass is 246 g/mol. The number of rotatable bonds is 6. The highest BCUT2D eigenvalue weighted by Crippen LogP contribution is 1.93. The Labute approximate surface area is 106 Å². The lowest BCUT2D eigenvalue weighted by Gasteiger charge is -2.06. The molecule has 0 fully saturated rings. The van der Waals surface area contributed by atoms with Crippen LogP contribution in [-0.2, 0) is 20.0 Å². The SMILES string of the molecule is Cn1ccc(CCNCCn2ccccc2=O)n1. The molecule has 2 rings (SSSR count). The fourth-order valence-corrected chi connectivity index (χ4v) is 1.78. The van der Waals surface area contributed by atoms with Gasteiger partial charge in [0.2, 0.25) is 0 Å². The Kier molecular flexibility index (Phi) is 4.30. The molecular formula is C13H18N4O. The molecule has 0 unspecified atom stereocenters. The van der Waals surface area contributed by atoms with Crippen molar-refractivity contribution in [1.82, 2.24) is 19.7 Å². The van der Waals surface area contributed by atoms with Gasteiger partial charge in [0.15, 0.2) is 0 Å². The molecule has 0 saturated heterocycles. The molecule has 0 amide bonds. The fourth-order valence-electron chi connectivity index (χ4n) is 1.78. The first-order valence-corrected chi connectivity index (χ1v) is 6.10. The lowest BCUT2D eigenvalue weighted by Crippen LogP contribution is -2.27. The second kappa shape index (κ2) is 6.16. The Balaban J connectivity index is 1.68. The molecule has 96 valence electrons. The lowest BCUT2D eigenvalue weighted by atomic mass is 10.3. The van der Waals surface area contributed by atoms with Crippen molar-refractivity contribution in [2.45, 2.75) is 13.0 Å². The van der Waals surface area contributed by atoms with E-state index in [2.05, 4.69) is 10.4 Å². The molecule has 2 aromatic heterocycles. The second-order valence-electron chi connectivity index (χ2n) is 4.21. The molecule has 0 atom stereocenters. The average molecular weight is 246 g/mol. The van der Waals surface area contributed by atoms with Crippen LogP contribution < -0.4 is 10.9 Å². The zero-order valence-electron chi connectivity index (χ0n) is 10.5. The minimum Gasteiger partial charge on any atom is -0.315 e. The van der Waals surface area contributed by atoms with Crippen molar-refractivity contribution < 1.29 is 0 Å². The van der Waals surface area contributed by atoms with Gasteiger partial charge in [-0.15, -0.1) is 0 Å². The largest absolute Gasteiger partial charge is 0.315 e. The maximum Gasteiger partial charge on any atom is 0.250 e. The minimum atomic E-state index is 0.0454. The Morgan fingerprint density at radius 2 is 2.11 bits per heavy atom. The van der Waals surface area contributed by atoms with Crippen LogP contribution in [0.3, 0.4) is 0 Å². The molecule has 2 heterocycles. The van der Waals surface area contributed by atoms with Crippen molar-refractivity contribution >= 4 is 0 Å². The van der Waals surface area contributed by atoms with E-state index in [-0.39, 0.29) is 5.56 Å². The summed E-state index contributed by atoms with van der Waals surface area (Å²) in [6, 6.07) is 7.22. The minimum absolute atomic E-state index is 0.0454. The van der Waals surface area contributed by atoms with Crippen LogP contribution in [0.5, 0.6) is 0 Å². The molecule has 18 heavy (non-hydrogen) atoms. The van der Waals surface area contributed by atoms with E-state index in [1.165, 1.54) is 0 Å². The number of hydrogen-bond acceptors (Lipinski definition) is 3. The van der Waals surface area contributed by atoms with Gasteiger partial charge in [-0.05, 0) is 12.1 Å². The molecule has 0 spiro atoms. The van der Waals surface area contributed by atoms with Crippen LogP contribution in [0.25, 0.3) is 0 Å². The zero-order chi connectivity index (χ0) is 12.8. The van der Waals surface area contributed by atoms with Crippen LogP contribution in [0.2, 0.25) is 0 Å². The highest BCUT2D eigenvalue weighted by atomic mass is 16.1. The van der Waals surface area contributed by atoms with Crippen LogP contribution in [0.15, 0.2) is 41.5 Å². The van der Waals surface area contributed by atoms with Crippen molar-refractivity contribution in [3.8, 4) is 0 Å². The van der Waals surface area contributed by atoms with Crippen LogP contribution in [-0.4, -0.2) is 27.4 Å². The smallest absolute Gasteiger partial charge is 0.250 e. The molecule has 0 aliphatic rings. The van der Waals surface area contributed by atoms with Crippen molar-refractivity contribution in [3.05, 3.63) is 52.7 Å². The lowest BCUT2D eigenvalue weighted by molar-refractivity contribution is 0.582. The van der Waals surface area contributed by atoms with Gasteiger partial charge < -0.3 is 9.88 Å². The average Bonchev–Trinajstić information content (AvgIpc) is 2.77. The number of aryl methyl sites for hydroxylation is 1. The summed E-state index contributed by atoms with van der Waals surface area (Å²) in [5, 5.41) is 7.61. The third-order valence-corrected chi connectivity index (χ3v) is 2.76. The first-order valence-electron chi connectivity index (χ1n) is 6.10. The van der Waals surface area contributed by atoms with Gasteiger partial charge in [-0.25, -0.2) is 0 Å². The highest BCUT2D eigenvalue weighted by Gasteiger charge is 1.97. The molecule has 1 N–H and O–H groups in total. The third kappa shape index (κ3) is 3.56. The van der Waals surface area contributed by atoms with Crippen molar-refractivity contribution in [3.63, 3.8) is 0 Å². The second-order valence-corrected chi connectivity index (χ2v) is 4.21. The van der Waals surface area contributed by atoms with Gasteiger partial charge in [0, 0.05) is 51.6 Å². The summed E-state index contributed by atoms with van der Waals surface area (Å²) in [4.78, 5) is 11.4. The maximum atomic E-state index is 11.4. The van der Waals surface area contributed by atoms with Crippen LogP contribution in [0.4, 0.5) is 0 Å². The molecule has 5 heteroatoms. The topological polar surface area (TPSA) is 51.9 Å². The van der Waals surface area contributed by atoms with E-state index < -0.39 is 0 Å². The Hall–Kier alpha value is -1.88. The van der Waals surface area contributed by atoms with Crippen LogP contribution in [0.1, 0.15) is 5.69 Å². The Bertz CT molecular complexity index is 544. The van der Waals surface area contributed by atoms with E-state index in [0.29, 0.717) is 6.54 Å². The maximum absolute atomic E-state index is 11.4. The van der Waals surface area contributed by atoms with Gasteiger partial charge in [-0.1, -0.05) is 6.07 Å². The van der Waals surface area contributed by atoms with E-state index >= 15 is 0 Å². The molecule has 0 bridgehead atoms. The normalized spacial score (nSPS) is 10.7. The summed E-state index contributed by atoms with van der Waals surface area (Å²) in [6.07, 6.45) is 4.66. The zero-order valence-corrected chi connectivity index (χ0v) is 10.5. The van der Waals surface area contributed by atoms with Crippen LogP contribution >= 0.6 is 0 Å². The Morgan fingerprint density at radius 3 is 2.83 bits per heavy atom. The van der Waals surface area contributed by atoms with E-state index in [1.807, 2.05) is 31.6 Å². The molecular weight excluding hydrogens is 228 g/mol. The number of aromatic nitrogens is 3. The van der Waals surface area contributed by atoms with Crippen molar-refractivity contribution in [2.24, 2.45) is 7.05 Å². The van der Waals surface area contributed by atoms with Gasteiger partial charge in [0.1, 0.15) is 0 Å². The standard InChI is InChI=1S/C13H18N4O/c1-16-10-6-12(15-16)5-7-14-8-11-17-9-3-2-4-13(17)18/h2-4,6,9-10,14H,5,7-8,11H2,1H3. The summed E-state index contributed by atoms with van der Waals surface area (Å²) in [5.74, 6) is 0. The third-order valence-electron chi connectivity index (χ3n) is 2.76. The number of nitrogens with zero attached hydrogens (tertiary/aromatic N) is 3. The molecule has 0 saturated carbocycles. The van der Waals surface area contributed by atoms with Gasteiger partial charge in [0.05, 0.1) is 5.69 Å².